The molecule has 0 amide bonds. The minimum atomic E-state index is 0.311. The largest absolute Gasteiger partial charge is 0.467 e. The van der Waals surface area contributed by atoms with Crippen molar-refractivity contribution in [3.63, 3.8) is 0 Å². The molecule has 0 spiro atoms. The summed E-state index contributed by atoms with van der Waals surface area (Å²) >= 11 is 0. The third-order valence-electron chi connectivity index (χ3n) is 1.90. The first-order chi connectivity index (χ1) is 5.33. The van der Waals surface area contributed by atoms with Gasteiger partial charge in [-0.15, -0.1) is 0 Å². The van der Waals surface area contributed by atoms with Crippen LogP contribution in [0.4, 0.5) is 0 Å². The number of hydrogen-bond acceptors (Lipinski definition) is 4. The lowest BCUT2D eigenvalue weighted by molar-refractivity contribution is -0.129. The molecular weight excluding hydrogens is 144 g/mol. The van der Waals surface area contributed by atoms with E-state index in [1.165, 1.54) is 0 Å². The molecular formula is C7H14N2O2. The van der Waals surface area contributed by atoms with Crippen molar-refractivity contribution in [2.75, 3.05) is 26.2 Å². The van der Waals surface area contributed by atoms with Crippen LogP contribution in [0.3, 0.4) is 0 Å². The van der Waals surface area contributed by atoms with E-state index in [-0.39, 0.29) is 0 Å². The van der Waals surface area contributed by atoms with Gasteiger partial charge in [-0.1, -0.05) is 0 Å². The zero-order chi connectivity index (χ0) is 8.10. The summed E-state index contributed by atoms with van der Waals surface area (Å²) in [4.78, 5) is 12.0. The Hall–Kier alpha value is -0.610. The van der Waals surface area contributed by atoms with Crippen LogP contribution in [-0.2, 0) is 9.53 Å². The van der Waals surface area contributed by atoms with Crippen molar-refractivity contribution in [1.82, 2.24) is 4.90 Å². The van der Waals surface area contributed by atoms with Crippen molar-refractivity contribution in [2.24, 2.45) is 5.73 Å². The molecule has 1 saturated heterocycles. The van der Waals surface area contributed by atoms with E-state index in [9.17, 15) is 4.79 Å². The second kappa shape index (κ2) is 4.31. The molecule has 1 aliphatic rings. The highest BCUT2D eigenvalue weighted by molar-refractivity contribution is 5.36. The molecule has 0 aromatic heterocycles. The lowest BCUT2D eigenvalue weighted by Crippen LogP contribution is -2.29. The number of carbonyl (C=O) groups excluding carboxylic acids is 1. The van der Waals surface area contributed by atoms with Gasteiger partial charge in [-0.2, -0.15) is 0 Å². The summed E-state index contributed by atoms with van der Waals surface area (Å²) < 4.78 is 4.57. The zero-order valence-corrected chi connectivity index (χ0v) is 6.53. The number of carbonyl (C=O) groups is 1. The summed E-state index contributed by atoms with van der Waals surface area (Å²) in [7, 11) is 0. The van der Waals surface area contributed by atoms with Gasteiger partial charge in [-0.25, -0.2) is 0 Å². The summed E-state index contributed by atoms with van der Waals surface area (Å²) in [5, 5.41) is 0. The number of nitrogens with zero attached hydrogens (tertiary/aromatic N) is 1. The van der Waals surface area contributed by atoms with Gasteiger partial charge in [0.05, 0.1) is 0 Å². The molecule has 1 rings (SSSR count). The van der Waals surface area contributed by atoms with E-state index in [1.54, 1.807) is 0 Å². The minimum absolute atomic E-state index is 0.311. The van der Waals surface area contributed by atoms with Gasteiger partial charge in [0.25, 0.3) is 6.47 Å². The van der Waals surface area contributed by atoms with Crippen LogP contribution in [0.5, 0.6) is 0 Å². The average Bonchev–Trinajstić information content (AvgIpc) is 2.37. The quantitative estimate of drug-likeness (QED) is 0.429. The Bertz CT molecular complexity index is 130. The third kappa shape index (κ3) is 2.86. The van der Waals surface area contributed by atoms with E-state index in [0.29, 0.717) is 19.1 Å². The molecule has 0 radical (unpaired) electrons. The maximum Gasteiger partial charge on any atom is 0.293 e. The molecule has 0 aromatic rings. The van der Waals surface area contributed by atoms with Crippen molar-refractivity contribution in [1.29, 1.82) is 0 Å². The van der Waals surface area contributed by atoms with Crippen molar-refractivity contribution >= 4 is 6.47 Å². The summed E-state index contributed by atoms with van der Waals surface area (Å²) in [6.45, 7) is 3.74. The average molecular weight is 158 g/mol. The van der Waals surface area contributed by atoms with Gasteiger partial charge >= 0.3 is 0 Å². The molecule has 1 atom stereocenters. The van der Waals surface area contributed by atoms with Crippen molar-refractivity contribution in [3.05, 3.63) is 0 Å². The van der Waals surface area contributed by atoms with Gasteiger partial charge in [0, 0.05) is 19.1 Å². The van der Waals surface area contributed by atoms with E-state index in [1.807, 2.05) is 0 Å². The molecule has 1 heterocycles. The van der Waals surface area contributed by atoms with Gasteiger partial charge in [-0.05, 0) is 13.0 Å². The predicted molar refractivity (Wildman–Crippen MR) is 41.0 cm³/mol. The van der Waals surface area contributed by atoms with Gasteiger partial charge in [-0.3, -0.25) is 9.69 Å². The van der Waals surface area contributed by atoms with Crippen LogP contribution in [-0.4, -0.2) is 43.7 Å². The Morgan fingerprint density at radius 2 is 2.55 bits per heavy atom. The van der Waals surface area contributed by atoms with Crippen molar-refractivity contribution in [3.8, 4) is 0 Å². The Labute approximate surface area is 66.3 Å². The van der Waals surface area contributed by atoms with E-state index in [2.05, 4.69) is 9.64 Å². The highest BCUT2D eigenvalue weighted by Gasteiger charge is 2.17. The summed E-state index contributed by atoms with van der Waals surface area (Å²) in [5.41, 5.74) is 5.68. The van der Waals surface area contributed by atoms with E-state index >= 15 is 0 Å². The first-order valence-corrected chi connectivity index (χ1v) is 3.86. The lowest BCUT2D eigenvalue weighted by atomic mass is 10.3. The highest BCUT2D eigenvalue weighted by atomic mass is 16.5. The molecule has 4 heteroatoms. The molecule has 0 aliphatic carbocycles. The molecule has 2 N–H and O–H groups in total. The summed E-state index contributed by atoms with van der Waals surface area (Å²) in [5.74, 6) is 0. The van der Waals surface area contributed by atoms with Crippen LogP contribution in [0, 0.1) is 0 Å². The van der Waals surface area contributed by atoms with Crippen LogP contribution in [0.25, 0.3) is 0 Å². The Balaban J connectivity index is 2.03. The molecule has 1 aliphatic heterocycles. The number of ether oxygens (including phenoxy) is 1. The smallest absolute Gasteiger partial charge is 0.293 e. The molecule has 4 nitrogen and oxygen atoms in total. The first-order valence-electron chi connectivity index (χ1n) is 3.86. The van der Waals surface area contributed by atoms with Crippen LogP contribution in [0.2, 0.25) is 0 Å². The van der Waals surface area contributed by atoms with Gasteiger partial charge in [0.1, 0.15) is 6.61 Å². The maximum atomic E-state index is 9.78. The van der Waals surface area contributed by atoms with Crippen LogP contribution < -0.4 is 5.73 Å². The lowest BCUT2D eigenvalue weighted by Gasteiger charge is -2.13. The zero-order valence-electron chi connectivity index (χ0n) is 6.53. The van der Waals surface area contributed by atoms with Crippen LogP contribution >= 0.6 is 0 Å². The molecule has 1 fully saturated rings. The summed E-state index contributed by atoms with van der Waals surface area (Å²) in [6.07, 6.45) is 1.06. The maximum absolute atomic E-state index is 9.78. The standard InChI is InChI=1S/C7H14N2O2/c8-7-1-2-9(5-7)3-4-11-6-10/h6-7H,1-5,8H2/t7-/m0/s1. The molecule has 0 unspecified atom stereocenters. The molecule has 0 bridgehead atoms. The fourth-order valence-electron chi connectivity index (χ4n) is 1.30. The number of likely N-dealkylation sites (tertiary alicyclic amines) is 1. The Kier molecular flexibility index (Phi) is 3.32. The topological polar surface area (TPSA) is 55.6 Å². The van der Waals surface area contributed by atoms with E-state index in [0.717, 1.165) is 26.1 Å². The van der Waals surface area contributed by atoms with E-state index < -0.39 is 0 Å². The highest BCUT2D eigenvalue weighted by Crippen LogP contribution is 2.05. The monoisotopic (exact) mass is 158 g/mol. The fraction of sp³-hybridized carbons (Fsp3) is 0.857. The third-order valence-corrected chi connectivity index (χ3v) is 1.90. The SMILES string of the molecule is N[C@H]1CCN(CCOC=O)C1. The van der Waals surface area contributed by atoms with Crippen LogP contribution in [0.15, 0.2) is 0 Å². The second-order valence-corrected chi connectivity index (χ2v) is 2.82. The number of rotatable bonds is 4. The summed E-state index contributed by atoms with van der Waals surface area (Å²) in [6, 6.07) is 0.311. The normalized spacial score (nSPS) is 25.4. The van der Waals surface area contributed by atoms with Gasteiger partial charge in [0.2, 0.25) is 0 Å². The fourth-order valence-corrected chi connectivity index (χ4v) is 1.30. The molecule has 0 aromatic carbocycles. The van der Waals surface area contributed by atoms with Crippen molar-refractivity contribution < 1.29 is 9.53 Å². The van der Waals surface area contributed by atoms with E-state index in [4.69, 9.17) is 5.73 Å². The number of hydrogen-bond donors (Lipinski definition) is 1. The molecule has 64 valence electrons. The van der Waals surface area contributed by atoms with Crippen LogP contribution in [0.1, 0.15) is 6.42 Å². The Morgan fingerprint density at radius 3 is 3.09 bits per heavy atom. The molecule has 0 saturated carbocycles. The first kappa shape index (κ1) is 8.49. The minimum Gasteiger partial charge on any atom is -0.467 e. The second-order valence-electron chi connectivity index (χ2n) is 2.82. The molecule has 11 heavy (non-hydrogen) atoms. The predicted octanol–water partition coefficient (Wildman–Crippen LogP) is -0.808. The van der Waals surface area contributed by atoms with Gasteiger partial charge in [0.15, 0.2) is 0 Å². The van der Waals surface area contributed by atoms with Crippen molar-refractivity contribution in [2.45, 2.75) is 12.5 Å². The number of nitrogens with two attached hydrogens (primary N) is 1. The Morgan fingerprint density at radius 1 is 1.73 bits per heavy atom. The van der Waals surface area contributed by atoms with Gasteiger partial charge < -0.3 is 10.5 Å².